The molecular formula is C15H14O7. The van der Waals surface area contributed by atoms with Crippen molar-refractivity contribution in [3.63, 3.8) is 0 Å². The van der Waals surface area contributed by atoms with Crippen LogP contribution in [0.2, 0.25) is 0 Å². The molecule has 7 nitrogen and oxygen atoms in total. The summed E-state index contributed by atoms with van der Waals surface area (Å²) in [6.45, 7) is 1.15. The van der Waals surface area contributed by atoms with Gasteiger partial charge in [-0.15, -0.1) is 0 Å². The molecule has 0 aliphatic carbocycles. The fraction of sp³-hybridized carbons (Fsp3) is 0.200. The minimum absolute atomic E-state index is 0.0700. The third kappa shape index (κ3) is 6.00. The molecule has 0 radical (unpaired) electrons. The lowest BCUT2D eigenvalue weighted by molar-refractivity contribution is -0.150. The van der Waals surface area contributed by atoms with Crippen LogP contribution in [0.25, 0.3) is 0 Å². The van der Waals surface area contributed by atoms with Crippen molar-refractivity contribution in [3.8, 4) is 5.75 Å². The second kappa shape index (κ2) is 9.06. The van der Waals surface area contributed by atoms with Crippen molar-refractivity contribution < 1.29 is 33.4 Å². The van der Waals surface area contributed by atoms with Crippen molar-refractivity contribution in [3.05, 3.63) is 42.0 Å². The minimum atomic E-state index is -0.895. The predicted octanol–water partition coefficient (Wildman–Crippen LogP) is 1.07. The molecule has 0 heterocycles. The molecule has 116 valence electrons. The molecule has 0 unspecified atom stereocenters. The summed E-state index contributed by atoms with van der Waals surface area (Å²) >= 11 is 0. The van der Waals surface area contributed by atoms with Crippen LogP contribution in [0.4, 0.5) is 0 Å². The summed E-state index contributed by atoms with van der Waals surface area (Å²) in [7, 11) is 0. The Bertz CT molecular complexity index is 589. The first-order chi connectivity index (χ1) is 10.6. The molecule has 1 aromatic rings. The maximum Gasteiger partial charge on any atom is 0.349 e. The van der Waals surface area contributed by atoms with E-state index in [1.807, 2.05) is 0 Å². The van der Waals surface area contributed by atoms with Crippen molar-refractivity contribution >= 4 is 24.2 Å². The molecule has 0 bridgehead atoms. The maximum absolute atomic E-state index is 11.5. The molecular weight excluding hydrogens is 292 g/mol. The molecule has 0 N–H and O–H groups in total. The van der Waals surface area contributed by atoms with Gasteiger partial charge in [0.25, 0.3) is 0 Å². The van der Waals surface area contributed by atoms with Gasteiger partial charge in [0, 0.05) is 12.2 Å². The third-order valence-corrected chi connectivity index (χ3v) is 2.24. The van der Waals surface area contributed by atoms with Crippen molar-refractivity contribution in [2.75, 3.05) is 13.2 Å². The Kier molecular flexibility index (Phi) is 7.04. The average Bonchev–Trinajstić information content (AvgIpc) is 2.51. The largest absolute Gasteiger partial charge is 0.463 e. The van der Waals surface area contributed by atoms with Gasteiger partial charge in [0.15, 0.2) is 12.9 Å². The van der Waals surface area contributed by atoms with Crippen molar-refractivity contribution in [2.24, 2.45) is 0 Å². The number of benzene rings is 1. The highest BCUT2D eigenvalue weighted by Crippen LogP contribution is 2.15. The van der Waals surface area contributed by atoms with E-state index in [9.17, 15) is 19.2 Å². The van der Waals surface area contributed by atoms with Crippen LogP contribution in [-0.2, 0) is 23.9 Å². The van der Waals surface area contributed by atoms with Crippen LogP contribution in [0.5, 0.6) is 5.75 Å². The SMILES string of the molecule is CCOC(=O)C=CC(=O)OCC(=O)Oc1ccccc1C=O. The summed E-state index contributed by atoms with van der Waals surface area (Å²) in [4.78, 5) is 44.4. The zero-order valence-corrected chi connectivity index (χ0v) is 11.8. The second-order valence-electron chi connectivity index (χ2n) is 3.82. The fourth-order valence-electron chi connectivity index (χ4n) is 1.33. The summed E-state index contributed by atoms with van der Waals surface area (Å²) in [5.41, 5.74) is 0.199. The minimum Gasteiger partial charge on any atom is -0.463 e. The molecule has 0 spiro atoms. The van der Waals surface area contributed by atoms with Gasteiger partial charge in [0.05, 0.1) is 12.2 Å². The number of ether oxygens (including phenoxy) is 3. The van der Waals surface area contributed by atoms with Gasteiger partial charge in [-0.25, -0.2) is 14.4 Å². The number of esters is 3. The number of hydrogen-bond donors (Lipinski definition) is 0. The standard InChI is InChI=1S/C15H14O7/c1-2-20-13(17)7-8-14(18)21-10-15(19)22-12-6-4-3-5-11(12)9-16/h3-9H,2,10H2,1H3. The van der Waals surface area contributed by atoms with Gasteiger partial charge in [-0.3, -0.25) is 4.79 Å². The summed E-state index contributed by atoms with van der Waals surface area (Å²) in [6.07, 6.45) is 2.26. The first-order valence-electron chi connectivity index (χ1n) is 6.33. The van der Waals surface area contributed by atoms with Crippen LogP contribution >= 0.6 is 0 Å². The lowest BCUT2D eigenvalue weighted by Crippen LogP contribution is -2.18. The highest BCUT2D eigenvalue weighted by molar-refractivity contribution is 5.92. The van der Waals surface area contributed by atoms with E-state index in [-0.39, 0.29) is 17.9 Å². The Hall–Kier alpha value is -2.96. The van der Waals surface area contributed by atoms with E-state index >= 15 is 0 Å². The van der Waals surface area contributed by atoms with E-state index in [0.717, 1.165) is 12.2 Å². The lowest BCUT2D eigenvalue weighted by atomic mass is 10.2. The van der Waals surface area contributed by atoms with Gasteiger partial charge in [-0.2, -0.15) is 0 Å². The highest BCUT2D eigenvalue weighted by Gasteiger charge is 2.10. The molecule has 0 aliphatic rings. The average molecular weight is 306 g/mol. The van der Waals surface area contributed by atoms with Crippen LogP contribution < -0.4 is 4.74 Å². The number of aldehydes is 1. The Morgan fingerprint density at radius 2 is 1.68 bits per heavy atom. The number of para-hydroxylation sites is 1. The molecule has 0 amide bonds. The Morgan fingerprint density at radius 1 is 1.05 bits per heavy atom. The lowest BCUT2D eigenvalue weighted by Gasteiger charge is -2.06. The fourth-order valence-corrected chi connectivity index (χ4v) is 1.33. The maximum atomic E-state index is 11.5. The van der Waals surface area contributed by atoms with Gasteiger partial charge >= 0.3 is 17.9 Å². The van der Waals surface area contributed by atoms with Crippen LogP contribution in [0, 0.1) is 0 Å². The monoisotopic (exact) mass is 306 g/mol. The molecule has 0 fully saturated rings. The van der Waals surface area contributed by atoms with E-state index in [0.29, 0.717) is 6.29 Å². The smallest absolute Gasteiger partial charge is 0.349 e. The zero-order chi connectivity index (χ0) is 16.4. The molecule has 1 aromatic carbocycles. The van der Waals surface area contributed by atoms with Crippen LogP contribution in [0.1, 0.15) is 17.3 Å². The van der Waals surface area contributed by atoms with Crippen LogP contribution in [0.15, 0.2) is 36.4 Å². The van der Waals surface area contributed by atoms with Gasteiger partial charge in [-0.1, -0.05) is 12.1 Å². The second-order valence-corrected chi connectivity index (χ2v) is 3.82. The molecule has 22 heavy (non-hydrogen) atoms. The van der Waals surface area contributed by atoms with Crippen LogP contribution in [0.3, 0.4) is 0 Å². The van der Waals surface area contributed by atoms with Gasteiger partial charge in [0.1, 0.15) is 5.75 Å². The van der Waals surface area contributed by atoms with E-state index in [1.54, 1.807) is 19.1 Å². The number of carbonyl (C=O) groups is 4. The molecule has 0 aromatic heterocycles. The normalized spacial score (nSPS) is 10.0. The zero-order valence-electron chi connectivity index (χ0n) is 11.8. The Morgan fingerprint density at radius 3 is 2.32 bits per heavy atom. The number of rotatable bonds is 7. The van der Waals surface area contributed by atoms with E-state index in [2.05, 4.69) is 9.47 Å². The highest BCUT2D eigenvalue weighted by atomic mass is 16.6. The van der Waals surface area contributed by atoms with E-state index in [1.165, 1.54) is 12.1 Å². The van der Waals surface area contributed by atoms with Gasteiger partial charge < -0.3 is 14.2 Å². The molecule has 7 heteroatoms. The molecule has 0 aliphatic heterocycles. The molecule has 1 rings (SSSR count). The Balaban J connectivity index is 2.44. The predicted molar refractivity (Wildman–Crippen MR) is 74.2 cm³/mol. The Labute approximate surface area is 126 Å². The summed E-state index contributed by atoms with van der Waals surface area (Å²) < 4.78 is 14.0. The topological polar surface area (TPSA) is 96.0 Å². The first-order valence-corrected chi connectivity index (χ1v) is 6.33. The quantitative estimate of drug-likeness (QED) is 0.322. The number of hydrogen-bond acceptors (Lipinski definition) is 7. The van der Waals surface area contributed by atoms with E-state index in [4.69, 9.17) is 4.74 Å². The van der Waals surface area contributed by atoms with Crippen molar-refractivity contribution in [1.29, 1.82) is 0 Å². The van der Waals surface area contributed by atoms with Crippen molar-refractivity contribution in [1.82, 2.24) is 0 Å². The van der Waals surface area contributed by atoms with Crippen molar-refractivity contribution in [2.45, 2.75) is 6.92 Å². The summed E-state index contributed by atoms with van der Waals surface area (Å²) in [5.74, 6) is -2.37. The first kappa shape index (κ1) is 17.1. The van der Waals surface area contributed by atoms with Crippen LogP contribution in [-0.4, -0.2) is 37.4 Å². The molecule has 0 saturated carbocycles. The summed E-state index contributed by atoms with van der Waals surface area (Å²) in [5, 5.41) is 0. The summed E-state index contributed by atoms with van der Waals surface area (Å²) in [6, 6.07) is 6.11. The molecule has 0 atom stereocenters. The number of carbonyl (C=O) groups excluding carboxylic acids is 4. The van der Waals surface area contributed by atoms with E-state index < -0.39 is 24.5 Å². The van der Waals surface area contributed by atoms with Gasteiger partial charge in [-0.05, 0) is 19.1 Å². The molecule has 0 saturated heterocycles. The van der Waals surface area contributed by atoms with Gasteiger partial charge in [0.2, 0.25) is 0 Å². The third-order valence-electron chi connectivity index (χ3n) is 2.24.